The van der Waals surface area contributed by atoms with E-state index in [4.69, 9.17) is 5.26 Å². The molecule has 2 aliphatic rings. The number of hydrogen-bond donors (Lipinski definition) is 4. The Kier molecular flexibility index (Phi) is 17.5. The van der Waals surface area contributed by atoms with Crippen molar-refractivity contribution in [3.05, 3.63) is 202 Å². The highest BCUT2D eigenvalue weighted by molar-refractivity contribution is 9.09. The van der Waals surface area contributed by atoms with E-state index >= 15 is 0 Å². The van der Waals surface area contributed by atoms with Crippen LogP contribution in [0.3, 0.4) is 0 Å². The summed E-state index contributed by atoms with van der Waals surface area (Å²) in [7, 11) is 0. The van der Waals surface area contributed by atoms with Gasteiger partial charge in [0, 0.05) is 30.3 Å². The average molecular weight is 1150 g/mol. The van der Waals surface area contributed by atoms with Crippen molar-refractivity contribution in [2.75, 3.05) is 5.33 Å². The number of nitrogens with one attached hydrogen (secondary N) is 4. The summed E-state index contributed by atoms with van der Waals surface area (Å²) in [6.07, 6.45) is -15.7. The number of ether oxygens (including phenoxy) is 2. The van der Waals surface area contributed by atoms with E-state index in [9.17, 15) is 62.3 Å². The zero-order valence-corrected chi connectivity index (χ0v) is 41.7. The third kappa shape index (κ3) is 14.3. The van der Waals surface area contributed by atoms with E-state index in [1.54, 1.807) is 60.7 Å². The van der Waals surface area contributed by atoms with Crippen LogP contribution in [0.4, 0.5) is 62.3 Å². The van der Waals surface area contributed by atoms with E-state index in [-0.39, 0.29) is 36.0 Å². The molecule has 6 aromatic rings. The van der Waals surface area contributed by atoms with Gasteiger partial charge in [0.2, 0.25) is 0 Å². The molecule has 0 radical (unpaired) electrons. The van der Waals surface area contributed by atoms with E-state index in [1.165, 1.54) is 24.3 Å². The molecule has 2 aliphatic carbocycles. The fourth-order valence-corrected chi connectivity index (χ4v) is 9.25. The summed E-state index contributed by atoms with van der Waals surface area (Å²) in [5.74, 6) is -5.13. The molecule has 2 atom stereocenters. The third-order valence-electron chi connectivity index (χ3n) is 12.8. The number of carbonyl (C=O) groups excluding carboxylic acids is 2. The fourth-order valence-electron chi connectivity index (χ4n) is 8.55. The van der Waals surface area contributed by atoms with E-state index in [1.807, 2.05) is 6.07 Å². The summed E-state index contributed by atoms with van der Waals surface area (Å²) in [5.41, 5.74) is -3.01. The molecule has 77 heavy (non-hydrogen) atoms. The Morgan fingerprint density at radius 3 is 1.22 bits per heavy atom. The average Bonchev–Trinajstić information content (AvgIpc) is 4.32. The van der Waals surface area contributed by atoms with Gasteiger partial charge in [-0.1, -0.05) is 101 Å². The maximum absolute atomic E-state index is 14.8. The molecule has 0 spiro atoms. The molecule has 0 heterocycles. The predicted octanol–water partition coefficient (Wildman–Crippen LogP) is 13.3. The van der Waals surface area contributed by atoms with Gasteiger partial charge in [0.15, 0.2) is 0 Å². The summed E-state index contributed by atoms with van der Waals surface area (Å²) in [6.45, 7) is 0. The van der Waals surface area contributed by atoms with Gasteiger partial charge < -0.3 is 30.7 Å². The van der Waals surface area contributed by atoms with Crippen LogP contribution in [-0.4, -0.2) is 53.5 Å². The topological polar surface area (TPSA) is 125 Å². The largest absolute Gasteiger partial charge is 0.461 e. The van der Waals surface area contributed by atoms with Gasteiger partial charge in [-0.15, -0.1) is 0 Å². The second-order valence-corrected chi connectivity index (χ2v) is 19.2. The lowest BCUT2D eigenvalue weighted by Gasteiger charge is -2.37. The highest BCUT2D eigenvalue weighted by Crippen LogP contribution is 2.42. The first-order valence-electron chi connectivity index (χ1n) is 23.5. The molecular weight excluding hydrogens is 1100 g/mol. The zero-order chi connectivity index (χ0) is 55.8. The number of nitrogens with zero attached hydrogens (tertiary/aromatic N) is 1. The van der Waals surface area contributed by atoms with Crippen molar-refractivity contribution >= 4 is 28.0 Å². The molecule has 2 fully saturated rings. The van der Waals surface area contributed by atoms with Crippen molar-refractivity contribution in [3.8, 4) is 17.6 Å². The molecule has 0 aliphatic heterocycles. The number of halogens is 13. The van der Waals surface area contributed by atoms with Crippen LogP contribution >= 0.6 is 15.9 Å². The number of hydrogen-bond acceptors (Lipinski definition) is 5. The van der Waals surface area contributed by atoms with Crippen molar-refractivity contribution < 1.29 is 71.7 Å². The standard InChI is InChI=1S/C28H23F6N3O2.C27H23BrF6N2O2/c29-21-8-6-19(7-9-21)27(17-18-4-2-1-3-5-18,37-25(38)36-26(10-11-26)12-13-35)20-14-22(30)16-23(15-20)39-28(33,34)24(31)32;28-16-25(10-11-25)35-24(37)36-26(15-17-4-2-1-3-5-17,18-6-8-20(29)9-7-18)19-12-21(30)14-22(13-19)38-27(33,34)23(31)32/h1-9,14-16,24H,10-12,17H2,(H2,36,37,38);1-9,12-14,23H,10-11,15-16H2,(H2,35,36,37)/t27-;26-/m11/s1. The van der Waals surface area contributed by atoms with Crippen LogP contribution in [0.1, 0.15) is 65.5 Å². The number of nitriles is 1. The van der Waals surface area contributed by atoms with Gasteiger partial charge in [-0.25, -0.2) is 27.2 Å². The number of carbonyl (C=O) groups is 2. The molecule has 4 N–H and O–H groups in total. The summed E-state index contributed by atoms with van der Waals surface area (Å²) < 4.78 is 172. The highest BCUT2D eigenvalue weighted by atomic mass is 79.9. The SMILES string of the molecule is N#CCC1(NC(=O)N[C@](Cc2ccccc2)(c2ccc(F)cc2)c2cc(F)cc(OC(F)(F)C(F)F)c2)CC1.O=C(NC1(CBr)CC1)N[C@](Cc1ccccc1)(c1ccc(F)cc1)c1cc(F)cc(OC(F)(F)C(F)F)c1. The minimum Gasteiger partial charge on any atom is -0.428 e. The smallest absolute Gasteiger partial charge is 0.428 e. The van der Waals surface area contributed by atoms with Crippen LogP contribution in [0, 0.1) is 34.6 Å². The summed E-state index contributed by atoms with van der Waals surface area (Å²) in [4.78, 5) is 26.6. The van der Waals surface area contributed by atoms with Gasteiger partial charge in [0.1, 0.15) is 34.8 Å². The summed E-state index contributed by atoms with van der Waals surface area (Å²) in [5, 5.41) is 20.9. The molecule has 22 heteroatoms. The summed E-state index contributed by atoms with van der Waals surface area (Å²) >= 11 is 3.37. The Morgan fingerprint density at radius 2 is 0.896 bits per heavy atom. The first-order chi connectivity index (χ1) is 36.4. The van der Waals surface area contributed by atoms with Gasteiger partial charge >= 0.3 is 37.1 Å². The molecule has 4 amide bonds. The molecule has 406 valence electrons. The Labute approximate surface area is 442 Å². The van der Waals surface area contributed by atoms with Crippen LogP contribution in [0.5, 0.6) is 11.5 Å². The van der Waals surface area contributed by atoms with Crippen LogP contribution in [0.25, 0.3) is 0 Å². The van der Waals surface area contributed by atoms with Gasteiger partial charge in [-0.2, -0.15) is 40.4 Å². The summed E-state index contributed by atoms with van der Waals surface area (Å²) in [6, 6.07) is 32.6. The molecule has 0 aromatic heterocycles. The zero-order valence-electron chi connectivity index (χ0n) is 40.2. The minimum atomic E-state index is -4.91. The number of urea groups is 2. The Hall–Kier alpha value is -7.41. The van der Waals surface area contributed by atoms with Crippen LogP contribution < -0.4 is 30.7 Å². The van der Waals surface area contributed by atoms with E-state index in [0.717, 1.165) is 48.5 Å². The number of alkyl halides is 9. The van der Waals surface area contributed by atoms with Gasteiger partial charge in [0.25, 0.3) is 0 Å². The third-order valence-corrected chi connectivity index (χ3v) is 13.9. The van der Waals surface area contributed by atoms with E-state index < -0.39 is 94.1 Å². The predicted molar refractivity (Wildman–Crippen MR) is 262 cm³/mol. The molecular formula is C55H46BrF12N5O4. The molecule has 8 rings (SSSR count). The molecule has 0 saturated heterocycles. The Morgan fingerprint density at radius 1 is 0.532 bits per heavy atom. The quantitative estimate of drug-likeness (QED) is 0.0448. The van der Waals surface area contributed by atoms with Gasteiger partial charge in [0.05, 0.1) is 34.6 Å². The van der Waals surface area contributed by atoms with Crippen molar-refractivity contribution in [1.29, 1.82) is 5.26 Å². The lowest BCUT2D eigenvalue weighted by atomic mass is 9.77. The molecule has 2 saturated carbocycles. The second kappa shape index (κ2) is 23.5. The second-order valence-electron chi connectivity index (χ2n) is 18.6. The maximum Gasteiger partial charge on any atom is 0.461 e. The molecule has 0 unspecified atom stereocenters. The van der Waals surface area contributed by atoms with Crippen molar-refractivity contribution in [2.45, 2.75) is 92.2 Å². The highest BCUT2D eigenvalue weighted by Gasteiger charge is 2.49. The van der Waals surface area contributed by atoms with Crippen molar-refractivity contribution in [3.63, 3.8) is 0 Å². The number of benzene rings is 6. The number of amides is 4. The molecule has 0 bridgehead atoms. The lowest BCUT2D eigenvalue weighted by Crippen LogP contribution is -2.55. The maximum atomic E-state index is 14.8. The van der Waals surface area contributed by atoms with Gasteiger partial charge in [-0.3, -0.25) is 0 Å². The molecule has 6 aromatic carbocycles. The van der Waals surface area contributed by atoms with Crippen LogP contribution in [-0.2, 0) is 23.9 Å². The normalized spacial score (nSPS) is 15.8. The van der Waals surface area contributed by atoms with Crippen LogP contribution in [0.15, 0.2) is 146 Å². The first kappa shape index (κ1) is 57.3. The van der Waals surface area contributed by atoms with Crippen molar-refractivity contribution in [1.82, 2.24) is 21.3 Å². The molecule has 9 nitrogen and oxygen atoms in total. The van der Waals surface area contributed by atoms with E-state index in [0.29, 0.717) is 59.8 Å². The van der Waals surface area contributed by atoms with E-state index in [2.05, 4.69) is 46.7 Å². The first-order valence-corrected chi connectivity index (χ1v) is 24.6. The lowest BCUT2D eigenvalue weighted by molar-refractivity contribution is -0.253. The Bertz CT molecular complexity index is 3040. The van der Waals surface area contributed by atoms with Gasteiger partial charge in [-0.05, 0) is 108 Å². The fraction of sp³-hybridized carbons (Fsp3) is 0.291. The Balaban J connectivity index is 0.000000224. The monoisotopic (exact) mass is 1150 g/mol. The number of rotatable bonds is 20. The van der Waals surface area contributed by atoms with Crippen molar-refractivity contribution in [2.24, 2.45) is 0 Å². The minimum absolute atomic E-state index is 0.0255. The van der Waals surface area contributed by atoms with Crippen LogP contribution in [0.2, 0.25) is 0 Å².